The summed E-state index contributed by atoms with van der Waals surface area (Å²) in [5.41, 5.74) is 4.48. The average Bonchev–Trinajstić information content (AvgIpc) is 2.57. The van der Waals surface area contributed by atoms with Crippen LogP contribution in [-0.2, 0) is 0 Å². The van der Waals surface area contributed by atoms with Crippen LogP contribution in [0.4, 0.5) is 5.69 Å². The first-order valence-electron chi connectivity index (χ1n) is 6.92. The van der Waals surface area contributed by atoms with Crippen molar-refractivity contribution in [3.05, 3.63) is 66.2 Å². The van der Waals surface area contributed by atoms with Crippen LogP contribution in [0.5, 0.6) is 11.5 Å². The Balaban J connectivity index is 1.96. The zero-order valence-corrected chi connectivity index (χ0v) is 12.2. The average molecular weight is 292 g/mol. The van der Waals surface area contributed by atoms with Crippen molar-refractivity contribution < 1.29 is 9.84 Å². The van der Waals surface area contributed by atoms with Crippen LogP contribution in [0.25, 0.3) is 10.8 Å². The van der Waals surface area contributed by atoms with Gasteiger partial charge in [0.05, 0.1) is 19.0 Å². The van der Waals surface area contributed by atoms with Gasteiger partial charge in [-0.2, -0.15) is 5.10 Å². The number of rotatable bonds is 4. The van der Waals surface area contributed by atoms with Crippen molar-refractivity contribution in [2.45, 2.75) is 0 Å². The van der Waals surface area contributed by atoms with Gasteiger partial charge in [0.2, 0.25) is 0 Å². The summed E-state index contributed by atoms with van der Waals surface area (Å²) in [6.45, 7) is 0. The monoisotopic (exact) mass is 292 g/mol. The second-order valence-electron chi connectivity index (χ2n) is 4.82. The van der Waals surface area contributed by atoms with Crippen molar-refractivity contribution in [2.24, 2.45) is 5.10 Å². The lowest BCUT2D eigenvalue weighted by Crippen LogP contribution is -1.92. The highest BCUT2D eigenvalue weighted by atomic mass is 16.5. The van der Waals surface area contributed by atoms with Crippen LogP contribution in [0.2, 0.25) is 0 Å². The molecule has 4 heteroatoms. The minimum atomic E-state index is 0.180. The third-order valence-corrected chi connectivity index (χ3v) is 3.41. The zero-order chi connectivity index (χ0) is 15.4. The minimum Gasteiger partial charge on any atom is -0.507 e. The zero-order valence-electron chi connectivity index (χ0n) is 12.2. The number of phenols is 1. The van der Waals surface area contributed by atoms with E-state index in [1.165, 1.54) is 0 Å². The summed E-state index contributed by atoms with van der Waals surface area (Å²) in [7, 11) is 1.62. The van der Waals surface area contributed by atoms with Gasteiger partial charge in [-0.15, -0.1) is 0 Å². The van der Waals surface area contributed by atoms with E-state index >= 15 is 0 Å². The Hall–Kier alpha value is -3.01. The third kappa shape index (κ3) is 2.86. The maximum absolute atomic E-state index is 10.1. The van der Waals surface area contributed by atoms with E-state index in [1.54, 1.807) is 19.4 Å². The Kier molecular flexibility index (Phi) is 3.92. The molecule has 0 aliphatic heterocycles. The lowest BCUT2D eigenvalue weighted by atomic mass is 10.0. The predicted octanol–water partition coefficient (Wildman–Crippen LogP) is 4.00. The van der Waals surface area contributed by atoms with E-state index in [0.29, 0.717) is 5.56 Å². The molecular formula is C18H16N2O2. The standard InChI is InChI=1S/C18H16N2O2/c1-22-15-9-7-13-8-10-18(21)17(16(13)11-15)12-19-20-14-5-3-2-4-6-14/h2-12,20-21H,1H3. The molecule has 0 unspecified atom stereocenters. The highest BCUT2D eigenvalue weighted by Crippen LogP contribution is 2.28. The summed E-state index contributed by atoms with van der Waals surface area (Å²) in [6, 6.07) is 18.9. The van der Waals surface area contributed by atoms with E-state index in [0.717, 1.165) is 22.2 Å². The van der Waals surface area contributed by atoms with Gasteiger partial charge in [0.25, 0.3) is 0 Å². The molecule has 0 saturated carbocycles. The molecule has 0 heterocycles. The van der Waals surface area contributed by atoms with Crippen molar-refractivity contribution in [1.82, 2.24) is 0 Å². The number of methoxy groups -OCH3 is 1. The quantitative estimate of drug-likeness (QED) is 0.564. The number of benzene rings is 3. The molecule has 0 spiro atoms. The van der Waals surface area contributed by atoms with Crippen molar-refractivity contribution in [3.8, 4) is 11.5 Å². The summed E-state index contributed by atoms with van der Waals surface area (Å²) in [4.78, 5) is 0. The normalized spacial score (nSPS) is 11.0. The van der Waals surface area contributed by atoms with Gasteiger partial charge in [-0.25, -0.2) is 0 Å². The predicted molar refractivity (Wildman–Crippen MR) is 89.8 cm³/mol. The van der Waals surface area contributed by atoms with Crippen LogP contribution in [0.1, 0.15) is 5.56 Å². The van der Waals surface area contributed by atoms with Gasteiger partial charge in [0, 0.05) is 5.56 Å². The fraction of sp³-hybridized carbons (Fsp3) is 0.0556. The van der Waals surface area contributed by atoms with Gasteiger partial charge in [-0.1, -0.05) is 30.3 Å². The van der Waals surface area contributed by atoms with E-state index in [2.05, 4.69) is 10.5 Å². The highest BCUT2D eigenvalue weighted by molar-refractivity contribution is 6.03. The molecule has 0 bridgehead atoms. The molecule has 3 rings (SSSR count). The fourth-order valence-electron chi connectivity index (χ4n) is 2.26. The van der Waals surface area contributed by atoms with E-state index in [9.17, 15) is 5.11 Å². The molecule has 0 aliphatic rings. The van der Waals surface area contributed by atoms with Gasteiger partial charge in [0.15, 0.2) is 0 Å². The van der Waals surface area contributed by atoms with Crippen LogP contribution in [0.15, 0.2) is 65.8 Å². The molecule has 4 nitrogen and oxygen atoms in total. The van der Waals surface area contributed by atoms with Crippen molar-refractivity contribution in [2.75, 3.05) is 12.5 Å². The van der Waals surface area contributed by atoms with E-state index in [-0.39, 0.29) is 5.75 Å². The number of fused-ring (bicyclic) bond motifs is 1. The summed E-state index contributed by atoms with van der Waals surface area (Å²) in [5, 5.41) is 16.2. The molecule has 0 radical (unpaired) electrons. The number of aromatic hydroxyl groups is 1. The lowest BCUT2D eigenvalue weighted by molar-refractivity contribution is 0.415. The molecule has 0 saturated heterocycles. The number of anilines is 1. The highest BCUT2D eigenvalue weighted by Gasteiger charge is 2.06. The number of hydrogen-bond acceptors (Lipinski definition) is 4. The first kappa shape index (κ1) is 13.9. The van der Waals surface area contributed by atoms with Crippen LogP contribution in [0, 0.1) is 0 Å². The molecule has 0 aliphatic carbocycles. The molecule has 3 aromatic rings. The number of hydrogen-bond donors (Lipinski definition) is 2. The summed E-state index contributed by atoms with van der Waals surface area (Å²) < 4.78 is 5.25. The SMILES string of the molecule is COc1ccc2ccc(O)c(C=NNc3ccccc3)c2c1. The maximum Gasteiger partial charge on any atom is 0.125 e. The van der Waals surface area contributed by atoms with E-state index in [4.69, 9.17) is 4.74 Å². The smallest absolute Gasteiger partial charge is 0.125 e. The van der Waals surface area contributed by atoms with Crippen molar-refractivity contribution >= 4 is 22.7 Å². The topological polar surface area (TPSA) is 53.9 Å². The molecule has 110 valence electrons. The second kappa shape index (κ2) is 6.18. The molecule has 0 fully saturated rings. The number of phenolic OH excluding ortho intramolecular Hbond substituents is 1. The van der Waals surface area contributed by atoms with Gasteiger partial charge < -0.3 is 9.84 Å². The summed E-state index contributed by atoms with van der Waals surface area (Å²) in [5.74, 6) is 0.920. The molecule has 0 aromatic heterocycles. The maximum atomic E-state index is 10.1. The van der Waals surface area contributed by atoms with Crippen LogP contribution >= 0.6 is 0 Å². The number of hydrazone groups is 1. The fourth-order valence-corrected chi connectivity index (χ4v) is 2.26. The Morgan fingerprint density at radius 2 is 1.82 bits per heavy atom. The van der Waals surface area contributed by atoms with E-state index in [1.807, 2.05) is 54.6 Å². The van der Waals surface area contributed by atoms with Crippen molar-refractivity contribution in [3.63, 3.8) is 0 Å². The molecule has 2 N–H and O–H groups in total. The minimum absolute atomic E-state index is 0.180. The van der Waals surface area contributed by atoms with Gasteiger partial charge in [0.1, 0.15) is 11.5 Å². The Morgan fingerprint density at radius 3 is 2.59 bits per heavy atom. The molecule has 0 amide bonds. The van der Waals surface area contributed by atoms with Gasteiger partial charge in [-0.05, 0) is 41.1 Å². The second-order valence-corrected chi connectivity index (χ2v) is 4.82. The Labute approximate surface area is 128 Å². The summed E-state index contributed by atoms with van der Waals surface area (Å²) >= 11 is 0. The summed E-state index contributed by atoms with van der Waals surface area (Å²) in [6.07, 6.45) is 1.62. The molecule has 0 atom stereocenters. The third-order valence-electron chi connectivity index (χ3n) is 3.41. The van der Waals surface area contributed by atoms with Crippen LogP contribution < -0.4 is 10.2 Å². The van der Waals surface area contributed by atoms with Crippen LogP contribution in [0.3, 0.4) is 0 Å². The van der Waals surface area contributed by atoms with Crippen LogP contribution in [-0.4, -0.2) is 18.4 Å². The van der Waals surface area contributed by atoms with Crippen molar-refractivity contribution in [1.29, 1.82) is 0 Å². The lowest BCUT2D eigenvalue weighted by Gasteiger charge is -2.07. The van der Waals surface area contributed by atoms with E-state index < -0.39 is 0 Å². The largest absolute Gasteiger partial charge is 0.507 e. The molecule has 3 aromatic carbocycles. The number of para-hydroxylation sites is 1. The molecule has 22 heavy (non-hydrogen) atoms. The van der Waals surface area contributed by atoms with Gasteiger partial charge in [-0.3, -0.25) is 5.43 Å². The Bertz CT molecular complexity index is 814. The number of nitrogens with one attached hydrogen (secondary N) is 1. The van der Waals surface area contributed by atoms with Gasteiger partial charge >= 0.3 is 0 Å². The number of nitrogens with zero attached hydrogens (tertiary/aromatic N) is 1. The first-order valence-corrected chi connectivity index (χ1v) is 6.92. The Morgan fingerprint density at radius 1 is 1.05 bits per heavy atom. The molecular weight excluding hydrogens is 276 g/mol. The first-order chi connectivity index (χ1) is 10.8. The number of ether oxygens (including phenoxy) is 1.